The van der Waals surface area contributed by atoms with Gasteiger partial charge in [0.05, 0.1) is 0 Å². The van der Waals surface area contributed by atoms with Crippen LogP contribution in [-0.4, -0.2) is 29.6 Å². The smallest absolute Gasteiger partial charge is 0.0378 e. The average molecular weight is 357 g/mol. The second-order valence-electron chi connectivity index (χ2n) is 5.81. The molecule has 2 N–H and O–H groups in total. The van der Waals surface area contributed by atoms with Gasteiger partial charge in [0, 0.05) is 39.8 Å². The standard InChI is InChI=1S/C16H25BrN2S/c1-4-14(18)7-13-5-6-15(8-16(13)17)19-9-11(2)20-12(3)10-19/h5-6,8,11-12,14H,4,7,9-10,18H2,1-3H3. The van der Waals surface area contributed by atoms with Gasteiger partial charge in [-0.05, 0) is 30.5 Å². The van der Waals surface area contributed by atoms with E-state index in [1.54, 1.807) is 0 Å². The third kappa shape index (κ3) is 4.15. The van der Waals surface area contributed by atoms with Crippen LogP contribution in [0, 0.1) is 0 Å². The Balaban J connectivity index is 2.12. The van der Waals surface area contributed by atoms with Crippen LogP contribution in [-0.2, 0) is 6.42 Å². The van der Waals surface area contributed by atoms with Gasteiger partial charge in [0.1, 0.15) is 0 Å². The normalized spacial score (nSPS) is 24.8. The fourth-order valence-corrected chi connectivity index (χ4v) is 4.57. The molecule has 0 amide bonds. The molecule has 1 heterocycles. The van der Waals surface area contributed by atoms with Gasteiger partial charge >= 0.3 is 0 Å². The molecule has 1 fully saturated rings. The number of halogens is 1. The molecule has 4 heteroatoms. The molecule has 0 bridgehead atoms. The Morgan fingerprint density at radius 1 is 1.35 bits per heavy atom. The number of nitrogens with two attached hydrogens (primary N) is 1. The summed E-state index contributed by atoms with van der Waals surface area (Å²) in [4.78, 5) is 2.50. The van der Waals surface area contributed by atoms with Gasteiger partial charge in [0.2, 0.25) is 0 Å². The van der Waals surface area contributed by atoms with Crippen molar-refractivity contribution in [2.45, 2.75) is 50.2 Å². The third-order valence-corrected chi connectivity index (χ3v) is 5.79. The van der Waals surface area contributed by atoms with Gasteiger partial charge in [0.25, 0.3) is 0 Å². The van der Waals surface area contributed by atoms with Crippen LogP contribution in [0.4, 0.5) is 5.69 Å². The molecule has 20 heavy (non-hydrogen) atoms. The minimum atomic E-state index is 0.253. The van der Waals surface area contributed by atoms with Crippen LogP contribution in [0.1, 0.15) is 32.8 Å². The van der Waals surface area contributed by atoms with Crippen molar-refractivity contribution in [1.82, 2.24) is 0 Å². The van der Waals surface area contributed by atoms with E-state index in [1.165, 1.54) is 15.7 Å². The summed E-state index contributed by atoms with van der Waals surface area (Å²) < 4.78 is 1.19. The molecular weight excluding hydrogens is 332 g/mol. The number of hydrogen-bond acceptors (Lipinski definition) is 3. The summed E-state index contributed by atoms with van der Waals surface area (Å²) in [6.45, 7) is 9.04. The summed E-state index contributed by atoms with van der Waals surface area (Å²) in [7, 11) is 0. The molecule has 0 aliphatic carbocycles. The zero-order chi connectivity index (χ0) is 14.7. The predicted molar refractivity (Wildman–Crippen MR) is 94.8 cm³/mol. The molecule has 112 valence electrons. The van der Waals surface area contributed by atoms with E-state index >= 15 is 0 Å². The second kappa shape index (κ2) is 7.19. The Kier molecular flexibility index (Phi) is 5.82. The summed E-state index contributed by atoms with van der Waals surface area (Å²) in [6, 6.07) is 6.99. The van der Waals surface area contributed by atoms with E-state index < -0.39 is 0 Å². The summed E-state index contributed by atoms with van der Waals surface area (Å²) in [6.07, 6.45) is 1.96. The van der Waals surface area contributed by atoms with E-state index in [9.17, 15) is 0 Å². The molecule has 3 unspecified atom stereocenters. The molecule has 0 spiro atoms. The monoisotopic (exact) mass is 356 g/mol. The maximum absolute atomic E-state index is 6.06. The molecule has 2 rings (SSSR count). The summed E-state index contributed by atoms with van der Waals surface area (Å²) >= 11 is 5.80. The number of benzene rings is 1. The number of anilines is 1. The maximum atomic E-state index is 6.06. The van der Waals surface area contributed by atoms with Crippen molar-refractivity contribution in [3.63, 3.8) is 0 Å². The molecule has 1 saturated heterocycles. The zero-order valence-electron chi connectivity index (χ0n) is 12.6. The first-order valence-corrected chi connectivity index (χ1v) is 9.17. The lowest BCUT2D eigenvalue weighted by atomic mass is 10.0. The van der Waals surface area contributed by atoms with Gasteiger partial charge in [-0.3, -0.25) is 0 Å². The summed E-state index contributed by atoms with van der Waals surface area (Å²) in [5, 5.41) is 1.40. The fraction of sp³-hybridized carbons (Fsp3) is 0.625. The van der Waals surface area contributed by atoms with Crippen molar-refractivity contribution in [1.29, 1.82) is 0 Å². The van der Waals surface area contributed by atoms with E-state index in [2.05, 4.69) is 71.6 Å². The van der Waals surface area contributed by atoms with Crippen molar-refractivity contribution < 1.29 is 0 Å². The highest BCUT2D eigenvalue weighted by Crippen LogP contribution is 2.31. The number of thioether (sulfide) groups is 1. The molecule has 1 aliphatic heterocycles. The molecule has 0 aromatic heterocycles. The van der Waals surface area contributed by atoms with Crippen LogP contribution in [0.2, 0.25) is 0 Å². The first-order chi connectivity index (χ1) is 9.49. The van der Waals surface area contributed by atoms with Crippen LogP contribution in [0.3, 0.4) is 0 Å². The van der Waals surface area contributed by atoms with Crippen molar-refractivity contribution in [2.24, 2.45) is 5.73 Å². The molecule has 1 aliphatic rings. The number of nitrogens with zero attached hydrogens (tertiary/aromatic N) is 1. The molecular formula is C16H25BrN2S. The Labute approximate surface area is 135 Å². The molecule has 1 aromatic rings. The highest BCUT2D eigenvalue weighted by Gasteiger charge is 2.22. The Morgan fingerprint density at radius 3 is 2.55 bits per heavy atom. The first-order valence-electron chi connectivity index (χ1n) is 7.44. The number of hydrogen-bond donors (Lipinski definition) is 1. The zero-order valence-corrected chi connectivity index (χ0v) is 15.0. The second-order valence-corrected chi connectivity index (χ2v) is 8.55. The highest BCUT2D eigenvalue weighted by molar-refractivity contribution is 9.10. The van der Waals surface area contributed by atoms with E-state index in [0.29, 0.717) is 10.5 Å². The van der Waals surface area contributed by atoms with Gasteiger partial charge in [-0.2, -0.15) is 11.8 Å². The van der Waals surface area contributed by atoms with Gasteiger partial charge in [0.15, 0.2) is 0 Å². The maximum Gasteiger partial charge on any atom is 0.0378 e. The third-order valence-electron chi connectivity index (χ3n) is 3.83. The van der Waals surface area contributed by atoms with E-state index in [1.807, 2.05) is 0 Å². The summed E-state index contributed by atoms with van der Waals surface area (Å²) in [5.74, 6) is 0. The van der Waals surface area contributed by atoms with Crippen LogP contribution < -0.4 is 10.6 Å². The molecule has 2 nitrogen and oxygen atoms in total. The Hall–Kier alpha value is -0.190. The highest BCUT2D eigenvalue weighted by atomic mass is 79.9. The van der Waals surface area contributed by atoms with Crippen LogP contribution >= 0.6 is 27.7 Å². The van der Waals surface area contributed by atoms with Gasteiger partial charge < -0.3 is 10.6 Å². The minimum absolute atomic E-state index is 0.253. The van der Waals surface area contributed by atoms with E-state index in [4.69, 9.17) is 5.73 Å². The fourth-order valence-electron chi connectivity index (χ4n) is 2.71. The Morgan fingerprint density at radius 2 is 2.00 bits per heavy atom. The SMILES string of the molecule is CCC(N)Cc1ccc(N2CC(C)SC(C)C2)cc1Br. The van der Waals surface area contributed by atoms with Crippen LogP contribution in [0.5, 0.6) is 0 Å². The largest absolute Gasteiger partial charge is 0.369 e. The minimum Gasteiger partial charge on any atom is -0.369 e. The lowest BCUT2D eigenvalue weighted by molar-refractivity contribution is 0.645. The predicted octanol–water partition coefficient (Wildman–Crippen LogP) is 4.06. The Bertz CT molecular complexity index is 442. The van der Waals surface area contributed by atoms with Crippen molar-refractivity contribution in [3.8, 4) is 0 Å². The topological polar surface area (TPSA) is 29.3 Å². The van der Waals surface area contributed by atoms with Crippen molar-refractivity contribution in [3.05, 3.63) is 28.2 Å². The van der Waals surface area contributed by atoms with Gasteiger partial charge in [-0.15, -0.1) is 0 Å². The lowest BCUT2D eigenvalue weighted by Gasteiger charge is -2.36. The quantitative estimate of drug-likeness (QED) is 0.881. The molecule has 1 aromatic carbocycles. The average Bonchev–Trinajstić information content (AvgIpc) is 2.39. The molecule has 0 saturated carbocycles. The molecule has 0 radical (unpaired) electrons. The van der Waals surface area contributed by atoms with Crippen molar-refractivity contribution in [2.75, 3.05) is 18.0 Å². The summed E-state index contributed by atoms with van der Waals surface area (Å²) in [5.41, 5.74) is 8.70. The van der Waals surface area contributed by atoms with Gasteiger partial charge in [-0.25, -0.2) is 0 Å². The van der Waals surface area contributed by atoms with Crippen LogP contribution in [0.15, 0.2) is 22.7 Å². The van der Waals surface area contributed by atoms with E-state index in [0.717, 1.165) is 25.9 Å². The molecule has 3 atom stereocenters. The number of rotatable bonds is 4. The lowest BCUT2D eigenvalue weighted by Crippen LogP contribution is -2.40. The van der Waals surface area contributed by atoms with E-state index in [-0.39, 0.29) is 6.04 Å². The van der Waals surface area contributed by atoms with Gasteiger partial charge in [-0.1, -0.05) is 42.8 Å². The van der Waals surface area contributed by atoms with Crippen LogP contribution in [0.25, 0.3) is 0 Å². The van der Waals surface area contributed by atoms with Crippen molar-refractivity contribution >= 4 is 33.4 Å². The first kappa shape index (κ1) is 16.2.